The van der Waals surface area contributed by atoms with Crippen molar-refractivity contribution >= 4 is 22.8 Å². The van der Waals surface area contributed by atoms with E-state index in [1.165, 1.54) is 27.6 Å². The van der Waals surface area contributed by atoms with Crippen LogP contribution < -0.4 is 5.32 Å². The Morgan fingerprint density at radius 1 is 0.962 bits per heavy atom. The molecule has 2 aromatic carbocycles. The van der Waals surface area contributed by atoms with E-state index in [9.17, 15) is 9.59 Å². The normalized spacial score (nSPS) is 15.5. The lowest BCUT2D eigenvalue weighted by atomic mass is 9.92. The lowest BCUT2D eigenvalue weighted by Crippen LogP contribution is -2.25. The van der Waals surface area contributed by atoms with Crippen LogP contribution >= 0.6 is 0 Å². The van der Waals surface area contributed by atoms with Crippen LogP contribution in [0.2, 0.25) is 0 Å². The Morgan fingerprint density at radius 2 is 1.65 bits per heavy atom. The Bertz CT molecular complexity index is 944. The van der Waals surface area contributed by atoms with E-state index in [2.05, 4.69) is 65.0 Å². The van der Waals surface area contributed by atoms with Crippen molar-refractivity contribution in [3.05, 3.63) is 83.6 Å². The van der Waals surface area contributed by atoms with Crippen LogP contribution in [-0.4, -0.2) is 27.1 Å². The molecule has 132 valence electrons. The molecular formula is C20H18N2O4. The summed E-state index contributed by atoms with van der Waals surface area (Å²) in [6.07, 6.45) is 3.25. The van der Waals surface area contributed by atoms with Gasteiger partial charge in [0.15, 0.2) is 0 Å². The molecule has 0 aliphatic carbocycles. The summed E-state index contributed by atoms with van der Waals surface area (Å²) < 4.78 is 0. The molecule has 0 bridgehead atoms. The molecule has 0 saturated heterocycles. The van der Waals surface area contributed by atoms with Crippen LogP contribution in [0.4, 0.5) is 0 Å². The summed E-state index contributed by atoms with van der Waals surface area (Å²) in [5, 5.41) is 20.6. The molecule has 4 rings (SSSR count). The van der Waals surface area contributed by atoms with Gasteiger partial charge >= 0.3 is 11.9 Å². The first-order valence-electron chi connectivity index (χ1n) is 8.07. The van der Waals surface area contributed by atoms with E-state index >= 15 is 0 Å². The molecule has 1 aliphatic heterocycles. The third kappa shape index (κ3) is 3.81. The lowest BCUT2D eigenvalue weighted by molar-refractivity contribution is -0.134. The molecule has 0 spiro atoms. The van der Waals surface area contributed by atoms with Gasteiger partial charge in [-0.2, -0.15) is 0 Å². The summed E-state index contributed by atoms with van der Waals surface area (Å²) in [5.41, 5.74) is 5.31. The molecule has 0 amide bonds. The summed E-state index contributed by atoms with van der Waals surface area (Å²) in [6, 6.07) is 17.4. The van der Waals surface area contributed by atoms with Gasteiger partial charge in [-0.15, -0.1) is 0 Å². The number of rotatable bonds is 3. The monoisotopic (exact) mass is 350 g/mol. The Labute approximate surface area is 149 Å². The smallest absolute Gasteiger partial charge is 0.328 e. The van der Waals surface area contributed by atoms with E-state index in [-0.39, 0.29) is 0 Å². The van der Waals surface area contributed by atoms with Crippen LogP contribution in [-0.2, 0) is 16.1 Å². The number of carboxylic acid groups (broad SMARTS) is 2. The predicted octanol–water partition coefficient (Wildman–Crippen LogP) is 3.07. The van der Waals surface area contributed by atoms with Crippen LogP contribution in [0.1, 0.15) is 22.7 Å². The van der Waals surface area contributed by atoms with Gasteiger partial charge in [0.2, 0.25) is 0 Å². The molecule has 2 heterocycles. The van der Waals surface area contributed by atoms with Crippen molar-refractivity contribution in [2.24, 2.45) is 0 Å². The average molecular weight is 350 g/mol. The van der Waals surface area contributed by atoms with Gasteiger partial charge < -0.3 is 20.5 Å². The number of carboxylic acids is 2. The largest absolute Gasteiger partial charge is 0.478 e. The molecule has 1 aromatic heterocycles. The van der Waals surface area contributed by atoms with Crippen molar-refractivity contribution < 1.29 is 19.8 Å². The summed E-state index contributed by atoms with van der Waals surface area (Å²) in [7, 11) is 0. The number of aromatic nitrogens is 1. The van der Waals surface area contributed by atoms with E-state index in [0.29, 0.717) is 18.2 Å². The highest BCUT2D eigenvalue weighted by Gasteiger charge is 2.23. The number of aromatic amines is 1. The predicted molar refractivity (Wildman–Crippen MR) is 97.8 cm³/mol. The van der Waals surface area contributed by atoms with Gasteiger partial charge in [-0.1, -0.05) is 42.5 Å². The van der Waals surface area contributed by atoms with Gasteiger partial charge in [0.1, 0.15) is 0 Å². The topological polar surface area (TPSA) is 102 Å². The average Bonchev–Trinajstić information content (AvgIpc) is 3.08. The summed E-state index contributed by atoms with van der Waals surface area (Å²) >= 11 is 0. The van der Waals surface area contributed by atoms with Crippen molar-refractivity contribution in [1.29, 1.82) is 0 Å². The van der Waals surface area contributed by atoms with E-state index in [1.807, 2.05) is 0 Å². The van der Waals surface area contributed by atoms with Crippen molar-refractivity contribution in [1.82, 2.24) is 10.3 Å². The third-order valence-corrected chi connectivity index (χ3v) is 4.13. The molecule has 6 heteroatoms. The summed E-state index contributed by atoms with van der Waals surface area (Å²) in [5.74, 6) is -2.51. The number of aliphatic carboxylic acids is 2. The van der Waals surface area contributed by atoms with Crippen molar-refractivity contribution in [2.45, 2.75) is 12.6 Å². The minimum Gasteiger partial charge on any atom is -0.478 e. The summed E-state index contributed by atoms with van der Waals surface area (Å²) in [4.78, 5) is 22.5. The molecule has 3 aromatic rings. The van der Waals surface area contributed by atoms with Crippen molar-refractivity contribution in [2.75, 3.05) is 0 Å². The molecule has 0 saturated carbocycles. The lowest BCUT2D eigenvalue weighted by Gasteiger charge is -2.24. The zero-order chi connectivity index (χ0) is 18.5. The van der Waals surface area contributed by atoms with Crippen LogP contribution in [0.15, 0.2) is 66.9 Å². The van der Waals surface area contributed by atoms with Crippen molar-refractivity contribution in [3.8, 4) is 0 Å². The van der Waals surface area contributed by atoms with Crippen molar-refractivity contribution in [3.63, 3.8) is 0 Å². The van der Waals surface area contributed by atoms with Gasteiger partial charge in [0.25, 0.3) is 0 Å². The zero-order valence-corrected chi connectivity index (χ0v) is 13.8. The second-order valence-electron chi connectivity index (χ2n) is 5.82. The Kier molecular flexibility index (Phi) is 5.15. The van der Waals surface area contributed by atoms with Gasteiger partial charge in [-0.3, -0.25) is 0 Å². The van der Waals surface area contributed by atoms with E-state index in [4.69, 9.17) is 10.2 Å². The van der Waals surface area contributed by atoms with Crippen LogP contribution in [0, 0.1) is 0 Å². The summed E-state index contributed by atoms with van der Waals surface area (Å²) in [6.45, 7) is 0.932. The molecule has 1 unspecified atom stereocenters. The second kappa shape index (κ2) is 7.67. The molecule has 6 nitrogen and oxygen atoms in total. The number of carbonyl (C=O) groups is 2. The molecule has 1 aliphatic rings. The second-order valence-corrected chi connectivity index (χ2v) is 5.82. The minimum absolute atomic E-state index is 0.301. The first kappa shape index (κ1) is 17.4. The molecular weight excluding hydrogens is 332 g/mol. The third-order valence-electron chi connectivity index (χ3n) is 4.13. The number of H-pyrrole nitrogens is 1. The molecule has 1 atom stereocenters. The number of hydrogen-bond acceptors (Lipinski definition) is 3. The van der Waals surface area contributed by atoms with Crippen LogP contribution in [0.25, 0.3) is 10.9 Å². The number of benzene rings is 2. The maximum absolute atomic E-state index is 9.55. The Morgan fingerprint density at radius 3 is 2.31 bits per heavy atom. The van der Waals surface area contributed by atoms with Gasteiger partial charge in [0.05, 0.1) is 6.04 Å². The fraction of sp³-hybridized carbons (Fsp3) is 0.100. The first-order valence-corrected chi connectivity index (χ1v) is 8.07. The SMILES string of the molecule is O=C(O)/C=C/C(=O)O.c1ccc(C2NCc3cccc4[nH]cc2c34)cc1. The molecule has 0 radical (unpaired) electrons. The minimum atomic E-state index is -1.26. The van der Waals surface area contributed by atoms with Gasteiger partial charge in [-0.05, 0) is 22.8 Å². The van der Waals surface area contributed by atoms with Crippen LogP contribution in [0.5, 0.6) is 0 Å². The standard InChI is InChI=1S/C16H14N2.C4H4O4/c1-2-5-11(6-3-1)16-13-10-17-14-8-4-7-12(9-18-16)15(13)14;5-3(6)1-2-4(7)8/h1-8,10,16-18H,9H2;1-2H,(H,5,6)(H,7,8)/b;2-1+. The van der Waals surface area contributed by atoms with E-state index in [1.54, 1.807) is 0 Å². The van der Waals surface area contributed by atoms with Crippen LogP contribution in [0.3, 0.4) is 0 Å². The molecule has 26 heavy (non-hydrogen) atoms. The molecule has 4 N–H and O–H groups in total. The Balaban J connectivity index is 0.000000211. The fourth-order valence-corrected chi connectivity index (χ4v) is 3.07. The number of hydrogen-bond donors (Lipinski definition) is 4. The van der Waals surface area contributed by atoms with Gasteiger partial charge in [0, 0.05) is 35.8 Å². The van der Waals surface area contributed by atoms with E-state index in [0.717, 1.165) is 6.54 Å². The highest BCUT2D eigenvalue weighted by Crippen LogP contribution is 2.34. The fourth-order valence-electron chi connectivity index (χ4n) is 3.07. The first-order chi connectivity index (χ1) is 12.6. The quantitative estimate of drug-likeness (QED) is 0.544. The maximum atomic E-state index is 9.55. The van der Waals surface area contributed by atoms with E-state index < -0.39 is 11.9 Å². The maximum Gasteiger partial charge on any atom is 0.328 e. The zero-order valence-electron chi connectivity index (χ0n) is 13.8. The number of nitrogens with one attached hydrogen (secondary N) is 2. The Hall–Kier alpha value is -3.38. The highest BCUT2D eigenvalue weighted by molar-refractivity contribution is 5.89. The van der Waals surface area contributed by atoms with Gasteiger partial charge in [-0.25, -0.2) is 9.59 Å². The molecule has 0 fully saturated rings. The highest BCUT2D eigenvalue weighted by atomic mass is 16.4.